The van der Waals surface area contributed by atoms with Gasteiger partial charge in [0, 0.05) is 28.9 Å². The maximum atomic E-state index is 13.2. The van der Waals surface area contributed by atoms with Gasteiger partial charge in [-0.2, -0.15) is 0 Å². The van der Waals surface area contributed by atoms with Crippen LogP contribution in [0.5, 0.6) is 0 Å². The smallest absolute Gasteiger partial charge is 0.279 e. The zero-order chi connectivity index (χ0) is 17.7. The molecule has 0 radical (unpaired) electrons. The van der Waals surface area contributed by atoms with E-state index in [4.69, 9.17) is 0 Å². The molecule has 2 aliphatic rings. The highest BCUT2D eigenvalue weighted by Crippen LogP contribution is 2.43. The van der Waals surface area contributed by atoms with E-state index in [1.54, 1.807) is 0 Å². The molecule has 0 amide bonds. The van der Waals surface area contributed by atoms with E-state index in [9.17, 15) is 4.79 Å². The average molecular weight is 347 g/mol. The number of pyridine rings is 1. The first kappa shape index (κ1) is 15.9. The molecule has 3 aromatic rings. The Bertz CT molecular complexity index is 989. The van der Waals surface area contributed by atoms with Crippen LogP contribution < -0.4 is 5.56 Å². The molecule has 0 spiro atoms. The van der Waals surface area contributed by atoms with E-state index < -0.39 is 0 Å². The molecule has 0 bridgehead atoms. The molecule has 0 atom stereocenters. The van der Waals surface area contributed by atoms with Gasteiger partial charge in [-0.25, -0.2) is 0 Å². The van der Waals surface area contributed by atoms with Crippen molar-refractivity contribution in [3.05, 3.63) is 64.2 Å². The quantitative estimate of drug-likeness (QED) is 0.778. The topological polar surface area (TPSA) is 41.0 Å². The molecule has 134 valence electrons. The predicted molar refractivity (Wildman–Crippen MR) is 105 cm³/mol. The fourth-order valence-electron chi connectivity index (χ4n) is 4.30. The first-order valence-electron chi connectivity index (χ1n) is 9.73. The predicted octanol–water partition coefficient (Wildman–Crippen LogP) is 4.01. The molecule has 0 unspecified atom stereocenters. The summed E-state index contributed by atoms with van der Waals surface area (Å²) < 4.78 is 1.82. The molecule has 1 N–H and O–H groups in total. The number of rotatable bonds is 3. The summed E-state index contributed by atoms with van der Waals surface area (Å²) >= 11 is 0. The van der Waals surface area contributed by atoms with Gasteiger partial charge in [-0.3, -0.25) is 9.36 Å². The molecule has 4 heteroatoms. The minimum Gasteiger partial charge on any atom is -0.354 e. The number of aromatic nitrogens is 2. The number of nitrogens with zero attached hydrogens (tertiary/aromatic N) is 2. The second kappa shape index (κ2) is 6.13. The lowest BCUT2D eigenvalue weighted by Crippen LogP contribution is -2.29. The molecule has 3 heterocycles. The normalized spacial score (nSPS) is 19.3. The van der Waals surface area contributed by atoms with E-state index in [-0.39, 0.29) is 5.56 Å². The molecule has 5 rings (SSSR count). The van der Waals surface area contributed by atoms with Gasteiger partial charge in [0.2, 0.25) is 0 Å². The van der Waals surface area contributed by atoms with E-state index in [1.807, 2.05) is 34.9 Å². The maximum Gasteiger partial charge on any atom is 0.279 e. The van der Waals surface area contributed by atoms with Crippen LogP contribution >= 0.6 is 0 Å². The van der Waals surface area contributed by atoms with Crippen molar-refractivity contribution < 1.29 is 0 Å². The van der Waals surface area contributed by atoms with Gasteiger partial charge in [-0.1, -0.05) is 18.2 Å². The summed E-state index contributed by atoms with van der Waals surface area (Å²) in [5, 5.41) is 1.15. The molecule has 1 saturated heterocycles. The lowest BCUT2D eigenvalue weighted by molar-refractivity contribution is 0.254. The largest absolute Gasteiger partial charge is 0.354 e. The first-order valence-corrected chi connectivity index (χ1v) is 9.73. The van der Waals surface area contributed by atoms with E-state index >= 15 is 0 Å². The summed E-state index contributed by atoms with van der Waals surface area (Å²) in [4.78, 5) is 19.1. The molecule has 1 aliphatic carbocycles. The number of aromatic amines is 1. The van der Waals surface area contributed by atoms with E-state index in [0.717, 1.165) is 42.5 Å². The van der Waals surface area contributed by atoms with Crippen LogP contribution in [0.15, 0.2) is 47.4 Å². The van der Waals surface area contributed by atoms with Crippen LogP contribution in [0.3, 0.4) is 0 Å². The zero-order valence-electron chi connectivity index (χ0n) is 15.2. The highest BCUT2D eigenvalue weighted by atomic mass is 16.1. The molecular weight excluding hydrogens is 322 g/mol. The molecule has 4 nitrogen and oxygen atoms in total. The first-order chi connectivity index (χ1) is 12.7. The number of piperidine rings is 1. The Labute approximate surface area is 153 Å². The summed E-state index contributed by atoms with van der Waals surface area (Å²) in [6.07, 6.45) is 6.88. The molecular formula is C22H25N3O. The Kier molecular flexibility index (Phi) is 3.75. The van der Waals surface area contributed by atoms with Crippen LogP contribution in [-0.2, 0) is 0 Å². The van der Waals surface area contributed by atoms with Gasteiger partial charge in [-0.05, 0) is 75.5 Å². The van der Waals surface area contributed by atoms with Gasteiger partial charge >= 0.3 is 0 Å². The summed E-state index contributed by atoms with van der Waals surface area (Å²) in [5.41, 5.74) is 4.37. The Morgan fingerprint density at radius 1 is 1.00 bits per heavy atom. The number of nitrogens with one attached hydrogen (secondary N) is 1. The fourth-order valence-corrected chi connectivity index (χ4v) is 4.30. The van der Waals surface area contributed by atoms with Gasteiger partial charge < -0.3 is 9.88 Å². The molecule has 26 heavy (non-hydrogen) atoms. The summed E-state index contributed by atoms with van der Waals surface area (Å²) in [6.45, 7) is 2.26. The van der Waals surface area contributed by atoms with Crippen molar-refractivity contribution in [3.8, 4) is 5.69 Å². The Morgan fingerprint density at radius 3 is 2.42 bits per heavy atom. The number of likely N-dealkylation sites (tertiary alicyclic amines) is 1. The van der Waals surface area contributed by atoms with Gasteiger partial charge in [0.05, 0.1) is 0 Å². The summed E-state index contributed by atoms with van der Waals surface area (Å²) in [6, 6.07) is 12.2. The highest BCUT2D eigenvalue weighted by Gasteiger charge is 2.29. The second-order valence-electron chi connectivity index (χ2n) is 7.96. The minimum atomic E-state index is 0.0646. The summed E-state index contributed by atoms with van der Waals surface area (Å²) in [7, 11) is 2.19. The Balaban J connectivity index is 1.65. The third-order valence-electron chi connectivity index (χ3n) is 6.06. The molecule has 1 aliphatic heterocycles. The van der Waals surface area contributed by atoms with Crippen molar-refractivity contribution in [3.63, 3.8) is 0 Å². The van der Waals surface area contributed by atoms with Crippen LogP contribution in [0.4, 0.5) is 0 Å². The third-order valence-corrected chi connectivity index (χ3v) is 6.06. The zero-order valence-corrected chi connectivity index (χ0v) is 15.2. The molecule has 2 aromatic heterocycles. The average Bonchev–Trinajstić information content (AvgIpc) is 3.41. The number of benzene rings is 1. The van der Waals surface area contributed by atoms with Crippen LogP contribution in [0.2, 0.25) is 0 Å². The van der Waals surface area contributed by atoms with E-state index in [0.29, 0.717) is 11.8 Å². The fraction of sp³-hybridized carbons (Fsp3) is 0.409. The molecule has 1 saturated carbocycles. The summed E-state index contributed by atoms with van der Waals surface area (Å²) in [5.74, 6) is 1.14. The Morgan fingerprint density at radius 2 is 1.73 bits per heavy atom. The van der Waals surface area contributed by atoms with Gasteiger partial charge in [0.1, 0.15) is 5.52 Å². The lowest BCUT2D eigenvalue weighted by Gasteiger charge is -2.28. The number of para-hydroxylation sites is 1. The third kappa shape index (κ3) is 2.69. The SMILES string of the molecule is CN1CCC(c2cc3c(C4CC4)cn(-c4ccccc4)c(=O)c3[nH]2)CC1. The highest BCUT2D eigenvalue weighted by molar-refractivity contribution is 5.84. The molecule has 1 aromatic carbocycles. The van der Waals surface area contributed by atoms with Crippen LogP contribution in [0, 0.1) is 0 Å². The van der Waals surface area contributed by atoms with Crippen molar-refractivity contribution in [2.75, 3.05) is 20.1 Å². The number of H-pyrrole nitrogens is 1. The maximum absolute atomic E-state index is 13.2. The number of hydrogen-bond donors (Lipinski definition) is 1. The van der Waals surface area contributed by atoms with Crippen molar-refractivity contribution in [1.82, 2.24) is 14.5 Å². The van der Waals surface area contributed by atoms with Gasteiger partial charge in [0.25, 0.3) is 5.56 Å². The monoisotopic (exact) mass is 347 g/mol. The second-order valence-corrected chi connectivity index (χ2v) is 7.96. The van der Waals surface area contributed by atoms with Crippen LogP contribution in [0.25, 0.3) is 16.6 Å². The standard InChI is InChI=1S/C22H25N3O/c1-24-11-9-16(10-12-24)20-13-18-19(15-7-8-15)14-25(22(26)21(18)23-20)17-5-3-2-4-6-17/h2-6,13-16,23H,7-12H2,1H3. The van der Waals surface area contributed by atoms with Crippen LogP contribution in [0.1, 0.15) is 48.8 Å². The van der Waals surface area contributed by atoms with Crippen LogP contribution in [-0.4, -0.2) is 34.6 Å². The van der Waals surface area contributed by atoms with Crippen molar-refractivity contribution in [2.45, 2.75) is 37.5 Å². The lowest BCUT2D eigenvalue weighted by atomic mass is 9.93. The number of fused-ring (bicyclic) bond motifs is 1. The van der Waals surface area contributed by atoms with E-state index in [1.165, 1.54) is 24.1 Å². The minimum absolute atomic E-state index is 0.0646. The van der Waals surface area contributed by atoms with Crippen molar-refractivity contribution in [1.29, 1.82) is 0 Å². The van der Waals surface area contributed by atoms with Crippen molar-refractivity contribution in [2.24, 2.45) is 0 Å². The van der Waals surface area contributed by atoms with E-state index in [2.05, 4.69) is 29.2 Å². The van der Waals surface area contributed by atoms with Gasteiger partial charge in [0.15, 0.2) is 0 Å². The van der Waals surface area contributed by atoms with Crippen molar-refractivity contribution >= 4 is 10.9 Å². The Hall–Kier alpha value is -2.33. The number of hydrogen-bond acceptors (Lipinski definition) is 2. The molecule has 2 fully saturated rings. The van der Waals surface area contributed by atoms with Gasteiger partial charge in [-0.15, -0.1) is 0 Å².